The molecule has 14 N–H and O–H groups in total. The molecule has 0 saturated carbocycles. The molecule has 20 unspecified atom stereocenters. The van der Waals surface area contributed by atoms with Gasteiger partial charge in [-0.15, -0.1) is 0 Å². The summed E-state index contributed by atoms with van der Waals surface area (Å²) < 4.78 is 50.5. The van der Waals surface area contributed by atoms with E-state index in [0.29, 0.717) is 0 Å². The first-order valence-corrected chi connectivity index (χ1v) is 19.3. The Kier molecular flexibility index (Phi) is 14.0. The molecule has 344 valence electrons. The largest absolute Gasteiger partial charge is 0.508 e. The second-order valence-corrected chi connectivity index (χ2v) is 15.2. The minimum Gasteiger partial charge on any atom is -0.508 e. The number of phenols is 1. The molecule has 4 saturated heterocycles. The lowest BCUT2D eigenvalue weighted by Crippen LogP contribution is -2.63. The monoisotopic (exact) mass is 888 g/mol. The van der Waals surface area contributed by atoms with Gasteiger partial charge in [-0.25, -0.2) is 0 Å². The van der Waals surface area contributed by atoms with E-state index in [0.717, 1.165) is 6.07 Å². The average Bonchev–Trinajstić information content (AvgIpc) is 3.26. The standard InChI is InChI=1S/C38H48O24/c1-11-19(41)23(45)28(50)35(55-11)61-38-31(53)26(48)30(52)37(62-38)60-33-20(42)15-7-4-13(40)8-16(15)57-32(33)12-2-5-14(6-3-12)56-36-29(51)25(47)22(44)18(59-36)10-54-34-27(49)24(46)21(43)17(9-39)58-34/h2-8,11,17-19,21-31,34-41,43-53H,9-10H2,1H3. The van der Waals surface area contributed by atoms with Gasteiger partial charge >= 0.3 is 0 Å². The Labute approximate surface area is 349 Å². The molecule has 4 aliphatic heterocycles. The second kappa shape index (κ2) is 18.8. The highest BCUT2D eigenvalue weighted by Crippen LogP contribution is 2.37. The molecular formula is C38H48O24. The summed E-state index contributed by atoms with van der Waals surface area (Å²) in [5.74, 6) is -1.25. The number of aliphatic hydroxyl groups excluding tert-OH is 13. The minimum atomic E-state index is -2.05. The van der Waals surface area contributed by atoms with Gasteiger partial charge in [-0.2, -0.15) is 0 Å². The number of rotatable bonds is 11. The summed E-state index contributed by atoms with van der Waals surface area (Å²) in [6.07, 6.45) is -34.5. The molecule has 3 aromatic rings. The molecule has 24 heteroatoms. The van der Waals surface area contributed by atoms with Crippen molar-refractivity contribution in [1.82, 2.24) is 0 Å². The smallest absolute Gasteiger partial charge is 0.235 e. The van der Waals surface area contributed by atoms with E-state index in [4.69, 9.17) is 42.3 Å². The van der Waals surface area contributed by atoms with Crippen LogP contribution in [-0.2, 0) is 28.4 Å². The van der Waals surface area contributed by atoms with Gasteiger partial charge in [0.15, 0.2) is 24.6 Å². The van der Waals surface area contributed by atoms with Gasteiger partial charge in [0.1, 0.15) is 103 Å². The molecule has 62 heavy (non-hydrogen) atoms. The normalized spacial score (nSPS) is 41.5. The summed E-state index contributed by atoms with van der Waals surface area (Å²) in [6, 6.07) is 8.82. The van der Waals surface area contributed by atoms with Crippen LogP contribution in [0.5, 0.6) is 17.2 Å². The lowest BCUT2D eigenvalue weighted by molar-refractivity contribution is -0.388. The highest BCUT2D eigenvalue weighted by molar-refractivity contribution is 5.83. The van der Waals surface area contributed by atoms with Crippen molar-refractivity contribution in [2.24, 2.45) is 0 Å². The van der Waals surface area contributed by atoms with Gasteiger partial charge in [0.25, 0.3) is 0 Å². The van der Waals surface area contributed by atoms with E-state index in [1.165, 1.54) is 43.3 Å². The fourth-order valence-electron chi connectivity index (χ4n) is 7.23. The van der Waals surface area contributed by atoms with Crippen molar-refractivity contribution in [3.63, 3.8) is 0 Å². The zero-order chi connectivity index (χ0) is 44.9. The Hall–Kier alpha value is -3.71. The molecular weight excluding hydrogens is 840 g/mol. The summed E-state index contributed by atoms with van der Waals surface area (Å²) in [7, 11) is 0. The van der Waals surface area contributed by atoms with Crippen molar-refractivity contribution in [3.8, 4) is 28.6 Å². The van der Waals surface area contributed by atoms with Crippen LogP contribution < -0.4 is 14.9 Å². The number of phenolic OH excluding ortho intramolecular Hbond substituents is 1. The van der Waals surface area contributed by atoms with Crippen LogP contribution in [-0.4, -0.2) is 208 Å². The third-order valence-electron chi connectivity index (χ3n) is 11.0. The molecule has 0 bridgehead atoms. The molecule has 0 aliphatic carbocycles. The molecule has 4 aliphatic rings. The van der Waals surface area contributed by atoms with Crippen LogP contribution in [0.1, 0.15) is 6.92 Å². The lowest BCUT2D eigenvalue weighted by Gasteiger charge is -2.44. The van der Waals surface area contributed by atoms with Crippen molar-refractivity contribution >= 4 is 11.0 Å². The molecule has 0 amide bonds. The lowest BCUT2D eigenvalue weighted by atomic mass is 9.98. The third-order valence-corrected chi connectivity index (χ3v) is 11.0. The van der Waals surface area contributed by atoms with Gasteiger partial charge in [0.05, 0.1) is 24.7 Å². The molecule has 0 radical (unpaired) electrons. The predicted molar refractivity (Wildman–Crippen MR) is 197 cm³/mol. The molecule has 0 spiro atoms. The summed E-state index contributed by atoms with van der Waals surface area (Å²) >= 11 is 0. The molecule has 20 atom stereocenters. The summed E-state index contributed by atoms with van der Waals surface area (Å²) in [5, 5.41) is 145. The maximum absolute atomic E-state index is 14.0. The van der Waals surface area contributed by atoms with E-state index in [1.807, 2.05) is 0 Å². The number of benzene rings is 2. The maximum Gasteiger partial charge on any atom is 0.235 e. The number of hydrogen-bond acceptors (Lipinski definition) is 24. The predicted octanol–water partition coefficient (Wildman–Crippen LogP) is -5.84. The van der Waals surface area contributed by atoms with Gasteiger partial charge in [0, 0.05) is 11.6 Å². The van der Waals surface area contributed by atoms with Crippen LogP contribution in [0.15, 0.2) is 51.7 Å². The van der Waals surface area contributed by atoms with Crippen LogP contribution in [0, 0.1) is 0 Å². The maximum atomic E-state index is 14.0. The number of aromatic hydroxyl groups is 1. The average molecular weight is 889 g/mol. The van der Waals surface area contributed by atoms with Crippen molar-refractivity contribution in [2.75, 3.05) is 13.2 Å². The van der Waals surface area contributed by atoms with E-state index in [-0.39, 0.29) is 33.8 Å². The van der Waals surface area contributed by atoms with Crippen molar-refractivity contribution in [3.05, 3.63) is 52.7 Å². The SMILES string of the molecule is CC1OC(OC2OC(Oc3c(-c4ccc(OC5OC(COC6OC(CO)C(O)C(O)C6O)C(O)C(O)C5O)cc4)oc4cc(O)ccc4c3=O)C(O)C(O)C2O)C(O)C(O)C1O. The number of aliphatic hydroxyl groups is 13. The van der Waals surface area contributed by atoms with Gasteiger partial charge in [0.2, 0.25) is 23.8 Å². The van der Waals surface area contributed by atoms with Crippen LogP contribution in [0.25, 0.3) is 22.3 Å². The van der Waals surface area contributed by atoms with Crippen LogP contribution >= 0.6 is 0 Å². The molecule has 24 nitrogen and oxygen atoms in total. The molecule has 5 heterocycles. The summed E-state index contributed by atoms with van der Waals surface area (Å²) in [6.45, 7) is 0.0201. The topological polar surface area (TPSA) is 387 Å². The minimum absolute atomic E-state index is 0.0274. The van der Waals surface area contributed by atoms with Gasteiger partial charge in [-0.1, -0.05) is 0 Å². The molecule has 1 aromatic heterocycles. The zero-order valence-electron chi connectivity index (χ0n) is 32.3. The first-order chi connectivity index (χ1) is 29.4. The van der Waals surface area contributed by atoms with Gasteiger partial charge < -0.3 is 114 Å². The highest BCUT2D eigenvalue weighted by atomic mass is 16.8. The van der Waals surface area contributed by atoms with E-state index in [9.17, 15) is 76.3 Å². The van der Waals surface area contributed by atoms with E-state index >= 15 is 0 Å². The second-order valence-electron chi connectivity index (χ2n) is 15.2. The first kappa shape index (κ1) is 46.3. The highest BCUT2D eigenvalue weighted by Gasteiger charge is 2.51. The number of fused-ring (bicyclic) bond motifs is 1. The van der Waals surface area contributed by atoms with Crippen molar-refractivity contribution < 1.29 is 114 Å². The number of hydrogen-bond donors (Lipinski definition) is 14. The van der Waals surface area contributed by atoms with Crippen LogP contribution in [0.2, 0.25) is 0 Å². The van der Waals surface area contributed by atoms with Crippen LogP contribution in [0.4, 0.5) is 0 Å². The first-order valence-electron chi connectivity index (χ1n) is 19.3. The van der Waals surface area contributed by atoms with E-state index in [2.05, 4.69) is 0 Å². The molecule has 4 fully saturated rings. The van der Waals surface area contributed by atoms with Crippen molar-refractivity contribution in [2.45, 2.75) is 130 Å². The third kappa shape index (κ3) is 9.00. The fraction of sp³-hybridized carbons (Fsp3) is 0.605. The van der Waals surface area contributed by atoms with Crippen LogP contribution in [0.3, 0.4) is 0 Å². The number of ether oxygens (including phenoxy) is 8. The Balaban J connectivity index is 1.10. The Morgan fingerprint density at radius 2 is 1.10 bits per heavy atom. The van der Waals surface area contributed by atoms with Crippen molar-refractivity contribution in [1.29, 1.82) is 0 Å². The molecule has 7 rings (SSSR count). The Morgan fingerprint density at radius 3 is 1.74 bits per heavy atom. The quantitative estimate of drug-likeness (QED) is 0.0852. The van der Waals surface area contributed by atoms with Gasteiger partial charge in [-0.05, 0) is 43.3 Å². The summed E-state index contributed by atoms with van der Waals surface area (Å²) in [5.41, 5.74) is -0.906. The summed E-state index contributed by atoms with van der Waals surface area (Å²) in [4.78, 5) is 14.0. The molecule has 2 aromatic carbocycles. The Morgan fingerprint density at radius 1 is 0.565 bits per heavy atom. The fourth-order valence-corrected chi connectivity index (χ4v) is 7.23. The zero-order valence-corrected chi connectivity index (χ0v) is 32.3. The Bertz CT molecular complexity index is 2030. The van der Waals surface area contributed by atoms with E-state index in [1.54, 1.807) is 0 Å². The van der Waals surface area contributed by atoms with Gasteiger partial charge in [-0.3, -0.25) is 4.79 Å². The van der Waals surface area contributed by atoms with E-state index < -0.39 is 147 Å².